The van der Waals surface area contributed by atoms with E-state index in [0.717, 1.165) is 38.5 Å². The minimum atomic E-state index is -3.75. The van der Waals surface area contributed by atoms with Gasteiger partial charge in [0.15, 0.2) is 0 Å². The minimum Gasteiger partial charge on any atom is -0.282 e. The van der Waals surface area contributed by atoms with Crippen LogP contribution in [-0.4, -0.2) is 30.1 Å². The van der Waals surface area contributed by atoms with Crippen LogP contribution in [0, 0.1) is 6.92 Å². The Bertz CT molecular complexity index is 1560. The van der Waals surface area contributed by atoms with E-state index in [9.17, 15) is 8.42 Å². The number of H-pyrrole nitrogens is 1. The van der Waals surface area contributed by atoms with Gasteiger partial charge < -0.3 is 0 Å². The van der Waals surface area contributed by atoms with Gasteiger partial charge in [-0.15, -0.1) is 0 Å². The van der Waals surface area contributed by atoms with Crippen LogP contribution in [0.5, 0.6) is 0 Å². The van der Waals surface area contributed by atoms with Crippen LogP contribution in [0.4, 0.5) is 5.69 Å². The third-order valence-electron chi connectivity index (χ3n) is 5.69. The van der Waals surface area contributed by atoms with Gasteiger partial charge in [0.05, 0.1) is 22.3 Å². The highest BCUT2D eigenvalue weighted by Crippen LogP contribution is 2.30. The number of nitrogens with one attached hydrogen (secondary N) is 1. The summed E-state index contributed by atoms with van der Waals surface area (Å²) in [5.74, 6) is 0. The standard InChI is InChI=1S/C25H22N4O2S/c1-3-29(32(30,31)23-10-8-18-6-4-5-7-19(18)13-23)22-12-21(15-26-16-22)20-9-11-25-24(14-20)17(2)27-28-25/h4-16H,3H2,1-2H3,(H,27,28). The van der Waals surface area contributed by atoms with Crippen molar-refractivity contribution in [1.29, 1.82) is 0 Å². The van der Waals surface area contributed by atoms with Gasteiger partial charge in [0.1, 0.15) is 0 Å². The van der Waals surface area contributed by atoms with Crippen LogP contribution in [0.2, 0.25) is 0 Å². The molecule has 0 aliphatic rings. The van der Waals surface area contributed by atoms with Crippen LogP contribution in [0.1, 0.15) is 12.6 Å². The van der Waals surface area contributed by atoms with Crippen molar-refractivity contribution in [3.05, 3.63) is 84.8 Å². The largest absolute Gasteiger partial charge is 0.282 e. The van der Waals surface area contributed by atoms with Crippen LogP contribution in [0.15, 0.2) is 84.0 Å². The lowest BCUT2D eigenvalue weighted by atomic mass is 10.0. The van der Waals surface area contributed by atoms with Crippen molar-refractivity contribution in [1.82, 2.24) is 15.2 Å². The van der Waals surface area contributed by atoms with Gasteiger partial charge in [0, 0.05) is 29.4 Å². The fraction of sp³-hybridized carbons (Fsp3) is 0.120. The van der Waals surface area contributed by atoms with Crippen molar-refractivity contribution in [2.75, 3.05) is 10.8 Å². The Morgan fingerprint density at radius 1 is 0.906 bits per heavy atom. The Labute approximate surface area is 186 Å². The van der Waals surface area contributed by atoms with Crippen molar-refractivity contribution in [2.45, 2.75) is 18.7 Å². The van der Waals surface area contributed by atoms with Gasteiger partial charge in [-0.3, -0.25) is 14.4 Å². The van der Waals surface area contributed by atoms with Crippen molar-refractivity contribution < 1.29 is 8.42 Å². The molecule has 0 saturated heterocycles. The van der Waals surface area contributed by atoms with Gasteiger partial charge in [0.25, 0.3) is 10.0 Å². The lowest BCUT2D eigenvalue weighted by Crippen LogP contribution is -2.30. The number of aryl methyl sites for hydroxylation is 1. The smallest absolute Gasteiger partial charge is 0.264 e. The summed E-state index contributed by atoms with van der Waals surface area (Å²) in [7, 11) is -3.75. The summed E-state index contributed by atoms with van der Waals surface area (Å²) in [4.78, 5) is 4.61. The summed E-state index contributed by atoms with van der Waals surface area (Å²) in [6.45, 7) is 4.09. The van der Waals surface area contributed by atoms with E-state index in [2.05, 4.69) is 15.2 Å². The Kier molecular flexibility index (Phi) is 4.90. The SMILES string of the molecule is CCN(c1cncc(-c2ccc3n[nH]c(C)c3c2)c1)S(=O)(=O)c1ccc2ccccc2c1. The second kappa shape index (κ2) is 7.76. The molecule has 32 heavy (non-hydrogen) atoms. The zero-order valence-corrected chi connectivity index (χ0v) is 18.6. The molecule has 0 unspecified atom stereocenters. The highest BCUT2D eigenvalue weighted by molar-refractivity contribution is 7.92. The second-order valence-electron chi connectivity index (χ2n) is 7.69. The number of aromatic nitrogens is 3. The zero-order chi connectivity index (χ0) is 22.3. The number of pyridine rings is 1. The first-order valence-electron chi connectivity index (χ1n) is 10.4. The van der Waals surface area contributed by atoms with Crippen molar-refractivity contribution in [2.24, 2.45) is 0 Å². The molecular weight excluding hydrogens is 420 g/mol. The van der Waals surface area contributed by atoms with Crippen molar-refractivity contribution in [3.8, 4) is 11.1 Å². The van der Waals surface area contributed by atoms with Gasteiger partial charge in [-0.2, -0.15) is 5.10 Å². The van der Waals surface area contributed by atoms with Crippen molar-refractivity contribution in [3.63, 3.8) is 0 Å². The topological polar surface area (TPSA) is 79.0 Å². The average molecular weight is 443 g/mol. The molecule has 3 aromatic carbocycles. The number of hydrogen-bond acceptors (Lipinski definition) is 4. The summed E-state index contributed by atoms with van der Waals surface area (Å²) in [5, 5.41) is 10.2. The first-order chi connectivity index (χ1) is 15.5. The van der Waals surface area contributed by atoms with E-state index in [0.29, 0.717) is 12.2 Å². The molecule has 0 amide bonds. The number of rotatable bonds is 5. The molecule has 1 N–H and O–H groups in total. The first kappa shape index (κ1) is 20.2. The molecule has 0 bridgehead atoms. The zero-order valence-electron chi connectivity index (χ0n) is 17.8. The summed E-state index contributed by atoms with van der Waals surface area (Å²) in [5.41, 5.74) is 4.21. The van der Waals surface area contributed by atoms with E-state index in [1.165, 1.54) is 4.31 Å². The molecule has 0 atom stereocenters. The van der Waals surface area contributed by atoms with E-state index in [-0.39, 0.29) is 4.90 Å². The molecule has 2 heterocycles. The van der Waals surface area contributed by atoms with Gasteiger partial charge in [-0.1, -0.05) is 36.4 Å². The molecule has 0 aliphatic heterocycles. The number of nitrogens with zero attached hydrogens (tertiary/aromatic N) is 3. The fourth-order valence-corrected chi connectivity index (χ4v) is 5.47. The van der Waals surface area contributed by atoms with Crippen LogP contribution < -0.4 is 4.31 Å². The van der Waals surface area contributed by atoms with E-state index in [1.54, 1.807) is 24.5 Å². The van der Waals surface area contributed by atoms with E-state index in [4.69, 9.17) is 0 Å². The number of hydrogen-bond donors (Lipinski definition) is 1. The average Bonchev–Trinajstić information content (AvgIpc) is 3.19. The van der Waals surface area contributed by atoms with Crippen molar-refractivity contribution >= 4 is 37.4 Å². The molecule has 0 aliphatic carbocycles. The molecule has 160 valence electrons. The molecular formula is C25H22N4O2S. The third kappa shape index (κ3) is 3.40. The maximum absolute atomic E-state index is 13.5. The summed E-state index contributed by atoms with van der Waals surface area (Å²) in [6.07, 6.45) is 3.34. The van der Waals surface area contributed by atoms with Gasteiger partial charge in [0.2, 0.25) is 0 Å². The number of fused-ring (bicyclic) bond motifs is 2. The van der Waals surface area contributed by atoms with Gasteiger partial charge >= 0.3 is 0 Å². The molecule has 2 aromatic heterocycles. The lowest BCUT2D eigenvalue weighted by molar-refractivity contribution is 0.592. The summed E-state index contributed by atoms with van der Waals surface area (Å²) >= 11 is 0. The number of aromatic amines is 1. The fourth-order valence-electron chi connectivity index (χ4n) is 3.99. The Hall–Kier alpha value is -3.71. The highest BCUT2D eigenvalue weighted by Gasteiger charge is 2.24. The van der Waals surface area contributed by atoms with Crippen LogP contribution in [-0.2, 0) is 10.0 Å². The first-order valence-corrected chi connectivity index (χ1v) is 11.8. The van der Waals surface area contributed by atoms with E-state index >= 15 is 0 Å². The molecule has 6 nitrogen and oxygen atoms in total. The molecule has 0 saturated carbocycles. The Balaban J connectivity index is 1.56. The van der Waals surface area contributed by atoms with Gasteiger partial charge in [-0.05, 0) is 60.5 Å². The predicted octanol–water partition coefficient (Wildman–Crippen LogP) is 5.30. The van der Waals surface area contributed by atoms with Crippen LogP contribution >= 0.6 is 0 Å². The monoisotopic (exact) mass is 442 g/mol. The molecule has 5 rings (SSSR count). The Morgan fingerprint density at radius 2 is 1.72 bits per heavy atom. The normalized spacial score (nSPS) is 11.8. The van der Waals surface area contributed by atoms with Crippen LogP contribution in [0.25, 0.3) is 32.8 Å². The number of sulfonamides is 1. The number of benzene rings is 3. The maximum Gasteiger partial charge on any atom is 0.264 e. The maximum atomic E-state index is 13.5. The predicted molar refractivity (Wildman–Crippen MR) is 128 cm³/mol. The van der Waals surface area contributed by atoms with E-state index in [1.807, 2.05) is 68.4 Å². The molecule has 0 fully saturated rings. The molecule has 0 spiro atoms. The molecule has 5 aromatic rings. The quantitative estimate of drug-likeness (QED) is 0.400. The minimum absolute atomic E-state index is 0.263. The third-order valence-corrected chi connectivity index (χ3v) is 7.58. The Morgan fingerprint density at radius 3 is 2.53 bits per heavy atom. The summed E-state index contributed by atoms with van der Waals surface area (Å²) in [6, 6.07) is 20.8. The highest BCUT2D eigenvalue weighted by atomic mass is 32.2. The van der Waals surface area contributed by atoms with Crippen LogP contribution in [0.3, 0.4) is 0 Å². The molecule has 7 heteroatoms. The molecule has 0 radical (unpaired) electrons. The lowest BCUT2D eigenvalue weighted by Gasteiger charge is -2.23. The second-order valence-corrected chi connectivity index (χ2v) is 9.55. The number of anilines is 1. The summed E-state index contributed by atoms with van der Waals surface area (Å²) < 4.78 is 28.4. The van der Waals surface area contributed by atoms with Gasteiger partial charge in [-0.25, -0.2) is 8.42 Å². The van der Waals surface area contributed by atoms with E-state index < -0.39 is 10.0 Å².